The second-order valence-corrected chi connectivity index (χ2v) is 11.8. The summed E-state index contributed by atoms with van der Waals surface area (Å²) in [5.74, 6) is 0.0837. The third-order valence-electron chi connectivity index (χ3n) is 5.37. The number of sulfonamides is 1. The van der Waals surface area contributed by atoms with Crippen LogP contribution >= 0.6 is 23.4 Å². The number of halogens is 4. The van der Waals surface area contributed by atoms with Crippen LogP contribution in [0.4, 0.5) is 18.9 Å². The molecule has 0 aliphatic rings. The van der Waals surface area contributed by atoms with Crippen LogP contribution in [0.15, 0.2) is 76.5 Å². The second-order valence-electron chi connectivity index (χ2n) is 8.35. The first-order chi connectivity index (χ1) is 17.4. The standard InChI is InChI=1S/C26H26ClF3N2O3S2/c1-18-4-9-21(10-5-18)36-15-3-14-31-25(33)17-32(37(34,35)22-11-6-19(2)7-12-22)20-8-13-24(27)23(16-20)26(28,29)30/h4-13,16H,3,14-15,17H2,1-2H3,(H,31,33). The van der Waals surface area contributed by atoms with Crippen LogP contribution in [0.5, 0.6) is 0 Å². The molecule has 0 atom stereocenters. The molecular formula is C26H26ClF3N2O3S2. The van der Waals surface area contributed by atoms with Gasteiger partial charge in [-0.25, -0.2) is 8.42 Å². The van der Waals surface area contributed by atoms with Gasteiger partial charge in [-0.3, -0.25) is 9.10 Å². The Morgan fingerprint density at radius 1 is 0.973 bits per heavy atom. The van der Waals surface area contributed by atoms with Crippen molar-refractivity contribution < 1.29 is 26.4 Å². The molecular weight excluding hydrogens is 545 g/mol. The van der Waals surface area contributed by atoms with Crippen LogP contribution in [0.3, 0.4) is 0 Å². The van der Waals surface area contributed by atoms with E-state index in [9.17, 15) is 26.4 Å². The summed E-state index contributed by atoms with van der Waals surface area (Å²) < 4.78 is 67.9. The van der Waals surface area contributed by atoms with Gasteiger partial charge in [-0.2, -0.15) is 13.2 Å². The Balaban J connectivity index is 1.76. The molecule has 5 nitrogen and oxygen atoms in total. The van der Waals surface area contributed by atoms with E-state index in [0.717, 1.165) is 33.9 Å². The zero-order chi connectivity index (χ0) is 27.2. The third kappa shape index (κ3) is 7.90. The fourth-order valence-corrected chi connectivity index (χ4v) is 5.84. The lowest BCUT2D eigenvalue weighted by atomic mass is 10.2. The maximum Gasteiger partial charge on any atom is 0.417 e. The van der Waals surface area contributed by atoms with Crippen molar-refractivity contribution in [3.63, 3.8) is 0 Å². The highest BCUT2D eigenvalue weighted by Crippen LogP contribution is 2.38. The Hall–Kier alpha value is -2.69. The summed E-state index contributed by atoms with van der Waals surface area (Å²) in [4.78, 5) is 13.6. The van der Waals surface area contributed by atoms with Crippen molar-refractivity contribution >= 4 is 45.0 Å². The lowest BCUT2D eigenvalue weighted by Crippen LogP contribution is -2.41. The number of aryl methyl sites for hydroxylation is 2. The fourth-order valence-electron chi connectivity index (χ4n) is 3.35. The first-order valence-corrected chi connectivity index (χ1v) is 14.1. The van der Waals surface area contributed by atoms with Gasteiger partial charge in [0.1, 0.15) is 6.54 Å². The van der Waals surface area contributed by atoms with Crippen LogP contribution in [-0.4, -0.2) is 33.2 Å². The Morgan fingerprint density at radius 2 is 1.57 bits per heavy atom. The molecule has 3 rings (SSSR count). The molecule has 3 aromatic rings. The number of carbonyl (C=O) groups excluding carboxylic acids is 1. The number of hydrogen-bond donors (Lipinski definition) is 1. The van der Waals surface area contributed by atoms with E-state index in [-0.39, 0.29) is 17.1 Å². The number of nitrogens with one attached hydrogen (secondary N) is 1. The molecule has 198 valence electrons. The highest BCUT2D eigenvalue weighted by molar-refractivity contribution is 7.99. The summed E-state index contributed by atoms with van der Waals surface area (Å²) in [6.45, 7) is 3.36. The molecule has 0 aliphatic heterocycles. The molecule has 0 unspecified atom stereocenters. The Kier molecular flexibility index (Phi) is 9.55. The molecule has 11 heteroatoms. The summed E-state index contributed by atoms with van der Waals surface area (Å²) >= 11 is 7.34. The minimum atomic E-state index is -4.80. The minimum absolute atomic E-state index is 0.149. The van der Waals surface area contributed by atoms with Crippen molar-refractivity contribution in [2.24, 2.45) is 0 Å². The molecule has 0 saturated carbocycles. The molecule has 0 heterocycles. The number of benzene rings is 3. The Labute approximate surface area is 224 Å². The Morgan fingerprint density at radius 3 is 2.16 bits per heavy atom. The van der Waals surface area contributed by atoms with Crippen LogP contribution in [-0.2, 0) is 21.0 Å². The number of hydrogen-bond acceptors (Lipinski definition) is 4. The molecule has 37 heavy (non-hydrogen) atoms. The smallest absolute Gasteiger partial charge is 0.354 e. The average Bonchev–Trinajstić information content (AvgIpc) is 2.83. The van der Waals surface area contributed by atoms with Crippen molar-refractivity contribution in [2.75, 3.05) is 23.1 Å². The molecule has 0 radical (unpaired) electrons. The van der Waals surface area contributed by atoms with Gasteiger partial charge in [-0.15, -0.1) is 11.8 Å². The van der Waals surface area contributed by atoms with E-state index < -0.39 is 39.2 Å². The molecule has 0 bridgehead atoms. The first kappa shape index (κ1) is 28.9. The summed E-state index contributed by atoms with van der Waals surface area (Å²) in [5.41, 5.74) is 0.453. The van der Waals surface area contributed by atoms with Crippen molar-refractivity contribution in [1.29, 1.82) is 0 Å². The lowest BCUT2D eigenvalue weighted by molar-refractivity contribution is -0.137. The van der Waals surface area contributed by atoms with E-state index in [1.165, 1.54) is 12.1 Å². The van der Waals surface area contributed by atoms with Crippen LogP contribution in [0, 0.1) is 13.8 Å². The van der Waals surface area contributed by atoms with Crippen molar-refractivity contribution in [1.82, 2.24) is 5.32 Å². The van der Waals surface area contributed by atoms with Crippen LogP contribution in [0.2, 0.25) is 5.02 Å². The van der Waals surface area contributed by atoms with E-state index >= 15 is 0 Å². The minimum Gasteiger partial charge on any atom is -0.354 e. The van der Waals surface area contributed by atoms with E-state index in [1.807, 2.05) is 31.2 Å². The van der Waals surface area contributed by atoms with Crippen molar-refractivity contribution in [2.45, 2.75) is 36.2 Å². The van der Waals surface area contributed by atoms with Gasteiger partial charge in [0.25, 0.3) is 10.0 Å². The SMILES string of the molecule is Cc1ccc(SCCCNC(=O)CN(c2ccc(Cl)c(C(F)(F)F)c2)S(=O)(=O)c2ccc(C)cc2)cc1. The highest BCUT2D eigenvalue weighted by Gasteiger charge is 2.35. The number of anilines is 1. The van der Waals surface area contributed by atoms with Gasteiger partial charge in [0, 0.05) is 11.4 Å². The number of thioether (sulfide) groups is 1. The summed E-state index contributed by atoms with van der Waals surface area (Å²) in [6.07, 6.45) is -4.18. The summed E-state index contributed by atoms with van der Waals surface area (Å²) in [5, 5.41) is 2.09. The molecule has 0 spiro atoms. The van der Waals surface area contributed by atoms with Crippen LogP contribution < -0.4 is 9.62 Å². The van der Waals surface area contributed by atoms with E-state index in [4.69, 9.17) is 11.6 Å². The van der Waals surface area contributed by atoms with Gasteiger partial charge in [0.2, 0.25) is 5.91 Å². The predicted molar refractivity (Wildman–Crippen MR) is 142 cm³/mol. The number of alkyl halides is 3. The maximum atomic E-state index is 13.5. The topological polar surface area (TPSA) is 66.5 Å². The van der Waals surface area contributed by atoms with Crippen molar-refractivity contribution in [3.8, 4) is 0 Å². The summed E-state index contributed by atoms with van der Waals surface area (Å²) in [7, 11) is -4.36. The van der Waals surface area contributed by atoms with Crippen molar-refractivity contribution in [3.05, 3.63) is 88.4 Å². The predicted octanol–water partition coefficient (Wildman–Crippen LogP) is 6.47. The van der Waals surface area contributed by atoms with E-state index in [0.29, 0.717) is 16.8 Å². The highest BCUT2D eigenvalue weighted by atomic mass is 35.5. The van der Waals surface area contributed by atoms with Gasteiger partial charge >= 0.3 is 6.18 Å². The molecule has 0 aromatic heterocycles. The summed E-state index contributed by atoms with van der Waals surface area (Å²) in [6, 6.07) is 16.6. The first-order valence-electron chi connectivity index (χ1n) is 11.3. The van der Waals surface area contributed by atoms with E-state index in [2.05, 4.69) is 5.32 Å². The Bertz CT molecular complexity index is 1330. The lowest BCUT2D eigenvalue weighted by Gasteiger charge is -2.25. The quantitative estimate of drug-likeness (QED) is 0.224. The maximum absolute atomic E-state index is 13.5. The van der Waals surface area contributed by atoms with Crippen LogP contribution in [0.1, 0.15) is 23.1 Å². The molecule has 0 aliphatic carbocycles. The normalized spacial score (nSPS) is 11.8. The van der Waals surface area contributed by atoms with Gasteiger partial charge in [-0.05, 0) is 68.5 Å². The fraction of sp³-hybridized carbons (Fsp3) is 0.269. The molecule has 0 fully saturated rings. The zero-order valence-electron chi connectivity index (χ0n) is 20.2. The number of carbonyl (C=O) groups is 1. The molecule has 0 saturated heterocycles. The zero-order valence-corrected chi connectivity index (χ0v) is 22.6. The monoisotopic (exact) mass is 570 g/mol. The number of nitrogens with zero attached hydrogens (tertiary/aromatic N) is 1. The second kappa shape index (κ2) is 12.2. The van der Waals surface area contributed by atoms with E-state index in [1.54, 1.807) is 30.8 Å². The van der Waals surface area contributed by atoms with Gasteiger partial charge in [0.05, 0.1) is 21.2 Å². The van der Waals surface area contributed by atoms with Gasteiger partial charge in [-0.1, -0.05) is 47.0 Å². The van der Waals surface area contributed by atoms with Crippen LogP contribution in [0.25, 0.3) is 0 Å². The molecule has 3 aromatic carbocycles. The average molecular weight is 571 g/mol. The van der Waals surface area contributed by atoms with Gasteiger partial charge < -0.3 is 5.32 Å². The number of amides is 1. The molecule has 1 amide bonds. The van der Waals surface area contributed by atoms with Gasteiger partial charge in [0.15, 0.2) is 0 Å². The number of rotatable bonds is 10. The molecule has 1 N–H and O–H groups in total. The third-order valence-corrected chi connectivity index (χ3v) is 8.59. The largest absolute Gasteiger partial charge is 0.417 e.